The molecular weight excluding hydrogens is 128 g/mol. The predicted molar refractivity (Wildman–Crippen MR) is 39.7 cm³/mol. The first-order chi connectivity index (χ1) is 4.72. The number of hydrogen-bond acceptors (Lipinski definition) is 2. The summed E-state index contributed by atoms with van der Waals surface area (Å²) < 4.78 is 0. The maximum Gasteiger partial charge on any atom is 0.220 e. The first-order valence-electron chi connectivity index (χ1n) is 3.42. The van der Waals surface area contributed by atoms with Gasteiger partial charge in [0.15, 0.2) is 0 Å². The molecule has 0 aromatic heterocycles. The number of ketones is 2. The summed E-state index contributed by atoms with van der Waals surface area (Å²) in [6.45, 7) is 5.20. The van der Waals surface area contributed by atoms with Gasteiger partial charge >= 0.3 is 0 Å². The summed E-state index contributed by atoms with van der Waals surface area (Å²) >= 11 is 0. The second-order valence-corrected chi connectivity index (χ2v) is 2.10. The van der Waals surface area contributed by atoms with Crippen molar-refractivity contribution in [2.24, 2.45) is 0 Å². The lowest BCUT2D eigenvalue weighted by atomic mass is 10.1. The number of carbonyl (C=O) groups excluding carboxylic acids is 2. The Kier molecular flexibility index (Phi) is 4.46. The van der Waals surface area contributed by atoms with Gasteiger partial charge in [0.2, 0.25) is 11.6 Å². The zero-order chi connectivity index (χ0) is 7.98. The van der Waals surface area contributed by atoms with Gasteiger partial charge in [-0.1, -0.05) is 19.9 Å². The molecule has 0 fully saturated rings. The van der Waals surface area contributed by atoms with Gasteiger partial charge in [-0.2, -0.15) is 0 Å². The number of unbranched alkanes of at least 4 members (excludes halogenated alkanes) is 1. The second kappa shape index (κ2) is 4.91. The van der Waals surface area contributed by atoms with E-state index >= 15 is 0 Å². The Morgan fingerprint density at radius 3 is 2.50 bits per heavy atom. The minimum absolute atomic E-state index is 0.322. The van der Waals surface area contributed by atoms with E-state index in [0.717, 1.165) is 18.9 Å². The molecule has 0 unspecified atom stereocenters. The fourth-order valence-electron chi connectivity index (χ4n) is 0.574. The molecule has 56 valence electrons. The van der Waals surface area contributed by atoms with Crippen molar-refractivity contribution in [3.8, 4) is 0 Å². The molecule has 10 heavy (non-hydrogen) atoms. The minimum atomic E-state index is -0.464. The van der Waals surface area contributed by atoms with E-state index in [-0.39, 0.29) is 5.78 Å². The Morgan fingerprint density at radius 1 is 1.50 bits per heavy atom. The van der Waals surface area contributed by atoms with Crippen molar-refractivity contribution in [1.29, 1.82) is 0 Å². The molecule has 0 atom stereocenters. The van der Waals surface area contributed by atoms with Gasteiger partial charge < -0.3 is 0 Å². The average molecular weight is 140 g/mol. The summed E-state index contributed by atoms with van der Waals surface area (Å²) in [5.74, 6) is -0.787. The highest BCUT2D eigenvalue weighted by Gasteiger charge is 2.06. The smallest absolute Gasteiger partial charge is 0.220 e. The molecule has 0 bridgehead atoms. The summed E-state index contributed by atoms with van der Waals surface area (Å²) in [4.78, 5) is 21.3. The molecule has 0 aromatic rings. The van der Waals surface area contributed by atoms with E-state index in [1.54, 1.807) is 0 Å². The van der Waals surface area contributed by atoms with E-state index in [4.69, 9.17) is 0 Å². The third-order valence-corrected chi connectivity index (χ3v) is 1.22. The van der Waals surface area contributed by atoms with Crippen LogP contribution in [-0.2, 0) is 9.59 Å². The van der Waals surface area contributed by atoms with Crippen LogP contribution in [0.1, 0.15) is 26.2 Å². The standard InChI is InChI=1S/C8H12O2/c1-3-5-6-8(10)7(9)4-2/h4H,2-3,5-6H2,1H3. The van der Waals surface area contributed by atoms with Gasteiger partial charge in [-0.05, 0) is 12.5 Å². The van der Waals surface area contributed by atoms with Crippen LogP contribution in [0.5, 0.6) is 0 Å². The third-order valence-electron chi connectivity index (χ3n) is 1.22. The number of Topliss-reactive ketones (excluding diaryl/α,β-unsaturated/α-hetero) is 1. The normalized spacial score (nSPS) is 8.90. The maximum absolute atomic E-state index is 10.7. The van der Waals surface area contributed by atoms with Crippen LogP contribution < -0.4 is 0 Å². The number of carbonyl (C=O) groups is 2. The predicted octanol–water partition coefficient (Wildman–Crippen LogP) is 1.50. The van der Waals surface area contributed by atoms with Gasteiger partial charge in [-0.3, -0.25) is 9.59 Å². The van der Waals surface area contributed by atoms with Gasteiger partial charge in [-0.15, -0.1) is 0 Å². The highest BCUT2D eigenvalue weighted by atomic mass is 16.2. The van der Waals surface area contributed by atoms with E-state index < -0.39 is 5.78 Å². The van der Waals surface area contributed by atoms with Gasteiger partial charge in [0.25, 0.3) is 0 Å². The topological polar surface area (TPSA) is 34.1 Å². The van der Waals surface area contributed by atoms with Gasteiger partial charge in [0.1, 0.15) is 0 Å². The summed E-state index contributed by atoms with van der Waals surface area (Å²) in [7, 11) is 0. The molecular formula is C8H12O2. The second-order valence-electron chi connectivity index (χ2n) is 2.10. The molecule has 0 radical (unpaired) electrons. The van der Waals surface area contributed by atoms with Crippen LogP contribution >= 0.6 is 0 Å². The van der Waals surface area contributed by atoms with E-state index in [1.165, 1.54) is 0 Å². The number of rotatable bonds is 5. The van der Waals surface area contributed by atoms with Crippen molar-refractivity contribution >= 4 is 11.6 Å². The Bertz CT molecular complexity index is 147. The van der Waals surface area contributed by atoms with Crippen LogP contribution in [0.4, 0.5) is 0 Å². The molecule has 0 aliphatic rings. The van der Waals surface area contributed by atoms with Crippen molar-refractivity contribution in [3.05, 3.63) is 12.7 Å². The van der Waals surface area contributed by atoms with E-state index in [0.29, 0.717) is 6.42 Å². The summed E-state index contributed by atoms with van der Waals surface area (Å²) in [6, 6.07) is 0. The Balaban J connectivity index is 3.62. The highest BCUT2D eigenvalue weighted by molar-refractivity contribution is 6.41. The van der Waals surface area contributed by atoms with Crippen LogP contribution in [0.15, 0.2) is 12.7 Å². The number of allylic oxidation sites excluding steroid dienone is 1. The van der Waals surface area contributed by atoms with Crippen molar-refractivity contribution in [2.75, 3.05) is 0 Å². The fourth-order valence-corrected chi connectivity index (χ4v) is 0.574. The first kappa shape index (κ1) is 9.08. The molecule has 0 spiro atoms. The van der Waals surface area contributed by atoms with Gasteiger partial charge in [0, 0.05) is 6.42 Å². The van der Waals surface area contributed by atoms with Crippen LogP contribution in [-0.4, -0.2) is 11.6 Å². The Labute approximate surface area is 60.9 Å². The lowest BCUT2D eigenvalue weighted by Crippen LogP contribution is -2.09. The van der Waals surface area contributed by atoms with Crippen LogP contribution in [0.3, 0.4) is 0 Å². The lowest BCUT2D eigenvalue weighted by molar-refractivity contribution is -0.133. The molecule has 2 nitrogen and oxygen atoms in total. The zero-order valence-corrected chi connectivity index (χ0v) is 6.22. The highest BCUT2D eigenvalue weighted by Crippen LogP contribution is 1.95. The van der Waals surface area contributed by atoms with Crippen LogP contribution in [0.2, 0.25) is 0 Å². The molecule has 0 amide bonds. The molecule has 0 saturated carbocycles. The van der Waals surface area contributed by atoms with Crippen molar-refractivity contribution in [3.63, 3.8) is 0 Å². The molecule has 0 heterocycles. The fraction of sp³-hybridized carbons (Fsp3) is 0.500. The van der Waals surface area contributed by atoms with Crippen molar-refractivity contribution in [2.45, 2.75) is 26.2 Å². The average Bonchev–Trinajstić information content (AvgIpc) is 1.98. The zero-order valence-electron chi connectivity index (χ0n) is 6.22. The van der Waals surface area contributed by atoms with Crippen LogP contribution in [0, 0.1) is 0 Å². The molecule has 0 aliphatic carbocycles. The van der Waals surface area contributed by atoms with Gasteiger partial charge in [-0.25, -0.2) is 0 Å². The SMILES string of the molecule is C=CC(=O)C(=O)CCCC. The molecule has 0 aliphatic heterocycles. The summed E-state index contributed by atoms with van der Waals surface area (Å²) in [6.07, 6.45) is 3.16. The van der Waals surface area contributed by atoms with E-state index in [9.17, 15) is 9.59 Å². The maximum atomic E-state index is 10.7. The first-order valence-corrected chi connectivity index (χ1v) is 3.42. The Morgan fingerprint density at radius 2 is 2.10 bits per heavy atom. The summed E-state index contributed by atoms with van der Waals surface area (Å²) in [5, 5.41) is 0. The van der Waals surface area contributed by atoms with E-state index in [1.807, 2.05) is 6.92 Å². The Hall–Kier alpha value is -0.920. The quantitative estimate of drug-likeness (QED) is 0.428. The molecule has 0 N–H and O–H groups in total. The minimum Gasteiger partial charge on any atom is -0.291 e. The summed E-state index contributed by atoms with van der Waals surface area (Å²) in [5.41, 5.74) is 0. The molecule has 0 saturated heterocycles. The van der Waals surface area contributed by atoms with E-state index in [2.05, 4.69) is 6.58 Å². The third kappa shape index (κ3) is 3.17. The molecule has 0 rings (SSSR count). The largest absolute Gasteiger partial charge is 0.291 e. The number of hydrogen-bond donors (Lipinski definition) is 0. The lowest BCUT2D eigenvalue weighted by Gasteiger charge is -1.91. The van der Waals surface area contributed by atoms with Crippen molar-refractivity contribution in [1.82, 2.24) is 0 Å². The van der Waals surface area contributed by atoms with Gasteiger partial charge in [0.05, 0.1) is 0 Å². The monoisotopic (exact) mass is 140 g/mol. The van der Waals surface area contributed by atoms with Crippen molar-refractivity contribution < 1.29 is 9.59 Å². The van der Waals surface area contributed by atoms with Crippen LogP contribution in [0.25, 0.3) is 0 Å². The molecule has 0 aromatic carbocycles. The molecule has 2 heteroatoms.